The number of nitrogens with zero attached hydrogens (tertiary/aromatic N) is 3. The summed E-state index contributed by atoms with van der Waals surface area (Å²) in [6.07, 6.45) is -4.34. The fourth-order valence-electron chi connectivity index (χ4n) is 3.04. The number of hydrogen-bond donors (Lipinski definition) is 0. The van der Waals surface area contributed by atoms with E-state index in [2.05, 4.69) is 10.2 Å². The van der Waals surface area contributed by atoms with Gasteiger partial charge in [-0.15, -0.1) is 10.2 Å². The minimum atomic E-state index is -4.34. The number of aromatic nitrogens is 3. The molecule has 0 N–H and O–H groups in total. The lowest BCUT2D eigenvalue weighted by Crippen LogP contribution is -2.04. The summed E-state index contributed by atoms with van der Waals surface area (Å²) in [6.45, 7) is 0. The Morgan fingerprint density at radius 3 is 2.16 bits per heavy atom. The van der Waals surface area contributed by atoms with Crippen LogP contribution < -0.4 is 4.74 Å². The molecule has 0 fully saturated rings. The molecule has 158 valence electrons. The van der Waals surface area contributed by atoms with E-state index in [1.807, 2.05) is 59.2 Å². The molecule has 4 rings (SSSR count). The van der Waals surface area contributed by atoms with Gasteiger partial charge in [-0.25, -0.2) is 0 Å². The summed E-state index contributed by atoms with van der Waals surface area (Å²) in [7, 11) is 1.61. The lowest BCUT2D eigenvalue weighted by atomic mass is 10.1. The summed E-state index contributed by atoms with van der Waals surface area (Å²) < 4.78 is 45.5. The highest BCUT2D eigenvalue weighted by Crippen LogP contribution is 2.32. The Morgan fingerprint density at radius 2 is 1.55 bits per heavy atom. The smallest absolute Gasteiger partial charge is 0.416 e. The van der Waals surface area contributed by atoms with Crippen molar-refractivity contribution in [3.05, 3.63) is 90.0 Å². The molecular weight excluding hydrogens is 423 g/mol. The third-order valence-corrected chi connectivity index (χ3v) is 5.65. The lowest BCUT2D eigenvalue weighted by Gasteiger charge is -2.11. The van der Waals surface area contributed by atoms with E-state index in [4.69, 9.17) is 4.74 Å². The molecule has 0 aliphatic carbocycles. The van der Waals surface area contributed by atoms with E-state index < -0.39 is 11.7 Å². The van der Waals surface area contributed by atoms with Gasteiger partial charge in [0.15, 0.2) is 11.0 Å². The van der Waals surface area contributed by atoms with Crippen molar-refractivity contribution >= 4 is 11.8 Å². The Hall–Kier alpha value is -3.26. The van der Waals surface area contributed by atoms with Crippen LogP contribution in [-0.2, 0) is 11.9 Å². The van der Waals surface area contributed by atoms with Gasteiger partial charge in [0.05, 0.1) is 12.7 Å². The van der Waals surface area contributed by atoms with Gasteiger partial charge in [-0.1, -0.05) is 42.1 Å². The quantitative estimate of drug-likeness (QED) is 0.332. The van der Waals surface area contributed by atoms with E-state index in [-0.39, 0.29) is 0 Å². The number of alkyl halides is 3. The number of hydrogen-bond acceptors (Lipinski definition) is 4. The number of para-hydroxylation sites is 1. The number of benzene rings is 3. The average molecular weight is 441 g/mol. The number of ether oxygens (including phenoxy) is 1. The Labute approximate surface area is 181 Å². The largest absolute Gasteiger partial charge is 0.497 e. The molecule has 0 atom stereocenters. The zero-order valence-electron chi connectivity index (χ0n) is 16.5. The molecule has 0 aliphatic rings. The molecule has 1 heterocycles. The minimum Gasteiger partial charge on any atom is -0.497 e. The summed E-state index contributed by atoms with van der Waals surface area (Å²) >= 11 is 1.41. The molecule has 3 aromatic carbocycles. The molecule has 0 aliphatic heterocycles. The number of rotatable bonds is 6. The molecule has 4 nitrogen and oxygen atoms in total. The lowest BCUT2D eigenvalue weighted by molar-refractivity contribution is -0.137. The molecule has 0 saturated heterocycles. The van der Waals surface area contributed by atoms with Crippen LogP contribution >= 0.6 is 11.8 Å². The van der Waals surface area contributed by atoms with E-state index in [1.54, 1.807) is 7.11 Å². The first-order valence-electron chi connectivity index (χ1n) is 9.40. The molecular formula is C23H18F3N3OS. The van der Waals surface area contributed by atoms with Crippen LogP contribution in [0.5, 0.6) is 5.75 Å². The van der Waals surface area contributed by atoms with E-state index in [0.29, 0.717) is 16.7 Å². The van der Waals surface area contributed by atoms with Gasteiger partial charge in [0.1, 0.15) is 5.75 Å². The van der Waals surface area contributed by atoms with Gasteiger partial charge >= 0.3 is 6.18 Å². The van der Waals surface area contributed by atoms with Crippen LogP contribution in [-0.4, -0.2) is 21.9 Å². The van der Waals surface area contributed by atoms with Crippen LogP contribution in [0.3, 0.4) is 0 Å². The van der Waals surface area contributed by atoms with Gasteiger partial charge in [-0.05, 0) is 54.1 Å². The third kappa shape index (κ3) is 4.74. The van der Waals surface area contributed by atoms with E-state index in [1.165, 1.54) is 23.9 Å². The number of thioether (sulfide) groups is 1. The van der Waals surface area contributed by atoms with Gasteiger partial charge < -0.3 is 4.74 Å². The third-order valence-electron chi connectivity index (χ3n) is 4.65. The molecule has 8 heteroatoms. The second-order valence-corrected chi connectivity index (χ2v) is 7.63. The van der Waals surface area contributed by atoms with E-state index in [9.17, 15) is 13.2 Å². The molecule has 0 spiro atoms. The van der Waals surface area contributed by atoms with E-state index in [0.717, 1.165) is 34.7 Å². The SMILES string of the molecule is COc1ccc(-c2nnc(SCc3ccc(C(F)(F)F)cc3)n2-c2ccccc2)cc1. The monoisotopic (exact) mass is 441 g/mol. The van der Waals surface area contributed by atoms with Crippen LogP contribution in [0.1, 0.15) is 11.1 Å². The Balaban J connectivity index is 1.64. The first kappa shape index (κ1) is 21.0. The molecule has 4 aromatic rings. The highest BCUT2D eigenvalue weighted by atomic mass is 32.2. The predicted octanol–water partition coefficient (Wildman–Crippen LogP) is 6.25. The van der Waals surface area contributed by atoms with Crippen molar-refractivity contribution in [3.8, 4) is 22.8 Å². The van der Waals surface area contributed by atoms with Crippen LogP contribution in [0, 0.1) is 0 Å². The summed E-state index contributed by atoms with van der Waals surface area (Å²) in [6, 6.07) is 22.4. The standard InChI is InChI=1S/C23H18F3N3OS/c1-30-20-13-9-17(10-14-20)21-27-28-22(29(21)19-5-3-2-4-6-19)31-15-16-7-11-18(12-8-16)23(24,25)26/h2-14H,15H2,1H3. The van der Waals surface area contributed by atoms with Crippen LogP contribution in [0.2, 0.25) is 0 Å². The number of halogens is 3. The first-order chi connectivity index (χ1) is 15.0. The summed E-state index contributed by atoms with van der Waals surface area (Å²) in [5.41, 5.74) is 1.88. The van der Waals surface area contributed by atoms with Crippen molar-refractivity contribution in [2.24, 2.45) is 0 Å². The molecule has 31 heavy (non-hydrogen) atoms. The molecule has 0 bridgehead atoms. The highest BCUT2D eigenvalue weighted by molar-refractivity contribution is 7.98. The Kier molecular flexibility index (Phi) is 5.99. The molecule has 0 saturated carbocycles. The van der Waals surface area contributed by atoms with Crippen molar-refractivity contribution < 1.29 is 17.9 Å². The summed E-state index contributed by atoms with van der Waals surface area (Å²) in [5.74, 6) is 1.88. The summed E-state index contributed by atoms with van der Waals surface area (Å²) in [4.78, 5) is 0. The second kappa shape index (κ2) is 8.85. The van der Waals surface area contributed by atoms with Gasteiger partial charge in [0, 0.05) is 17.0 Å². The highest BCUT2D eigenvalue weighted by Gasteiger charge is 2.29. The topological polar surface area (TPSA) is 39.9 Å². The zero-order valence-corrected chi connectivity index (χ0v) is 17.3. The maximum absolute atomic E-state index is 12.8. The van der Waals surface area contributed by atoms with Crippen molar-refractivity contribution in [3.63, 3.8) is 0 Å². The predicted molar refractivity (Wildman–Crippen MR) is 114 cm³/mol. The molecule has 1 aromatic heterocycles. The zero-order chi connectivity index (χ0) is 21.8. The number of methoxy groups -OCH3 is 1. The van der Waals surface area contributed by atoms with Crippen LogP contribution in [0.25, 0.3) is 17.1 Å². The molecule has 0 radical (unpaired) electrons. The van der Waals surface area contributed by atoms with Gasteiger partial charge in [0.2, 0.25) is 0 Å². The normalized spacial score (nSPS) is 11.5. The second-order valence-electron chi connectivity index (χ2n) is 6.69. The van der Waals surface area contributed by atoms with Crippen molar-refractivity contribution in [2.45, 2.75) is 17.1 Å². The first-order valence-corrected chi connectivity index (χ1v) is 10.4. The maximum Gasteiger partial charge on any atom is 0.416 e. The van der Waals surface area contributed by atoms with Crippen LogP contribution in [0.4, 0.5) is 13.2 Å². The van der Waals surface area contributed by atoms with E-state index >= 15 is 0 Å². The van der Waals surface area contributed by atoms with Crippen molar-refractivity contribution in [1.82, 2.24) is 14.8 Å². The average Bonchev–Trinajstić information content (AvgIpc) is 3.22. The molecule has 0 unspecified atom stereocenters. The Morgan fingerprint density at radius 1 is 0.871 bits per heavy atom. The summed E-state index contributed by atoms with van der Waals surface area (Å²) in [5, 5.41) is 9.38. The maximum atomic E-state index is 12.8. The van der Waals surface area contributed by atoms with Crippen molar-refractivity contribution in [2.75, 3.05) is 7.11 Å². The molecule has 0 amide bonds. The van der Waals surface area contributed by atoms with Gasteiger partial charge in [0.25, 0.3) is 0 Å². The minimum absolute atomic E-state index is 0.464. The fourth-order valence-corrected chi connectivity index (χ4v) is 3.95. The van der Waals surface area contributed by atoms with Gasteiger partial charge in [-0.2, -0.15) is 13.2 Å². The van der Waals surface area contributed by atoms with Crippen molar-refractivity contribution in [1.29, 1.82) is 0 Å². The van der Waals surface area contributed by atoms with Gasteiger partial charge in [-0.3, -0.25) is 4.57 Å². The van der Waals surface area contributed by atoms with Crippen LogP contribution in [0.15, 0.2) is 84.0 Å². The Bertz CT molecular complexity index is 1140. The fraction of sp³-hybridized carbons (Fsp3) is 0.130.